The summed E-state index contributed by atoms with van der Waals surface area (Å²) in [7, 11) is -4.79. The normalized spacial score (nSPS) is 11.5. The van der Waals surface area contributed by atoms with Gasteiger partial charge in [0.15, 0.2) is 5.69 Å². The van der Waals surface area contributed by atoms with Crippen LogP contribution in [0.1, 0.15) is 22.8 Å². The van der Waals surface area contributed by atoms with Crippen molar-refractivity contribution in [1.29, 1.82) is 0 Å². The van der Waals surface area contributed by atoms with Gasteiger partial charge in [-0.05, 0) is 55.8 Å². The van der Waals surface area contributed by atoms with Gasteiger partial charge in [0.1, 0.15) is 16.1 Å². The molecule has 0 aliphatic heterocycles. The maximum absolute atomic E-state index is 12.9. The Hall–Kier alpha value is -4.93. The summed E-state index contributed by atoms with van der Waals surface area (Å²) in [4.78, 5) is 36.4. The van der Waals surface area contributed by atoms with Gasteiger partial charge in [-0.15, -0.1) is 10.2 Å². The second kappa shape index (κ2) is 11.7. The first-order chi connectivity index (χ1) is 19.4. The van der Waals surface area contributed by atoms with Crippen molar-refractivity contribution in [1.82, 2.24) is 19.5 Å². The first-order valence-electron chi connectivity index (χ1n) is 11.7. The number of nitrogens with one attached hydrogen (secondary N) is 2. The van der Waals surface area contributed by atoms with E-state index in [1.807, 2.05) is 18.2 Å². The van der Waals surface area contributed by atoms with Crippen LogP contribution >= 0.6 is 11.6 Å². The molecular formula is C24H22ClN9O6S. The number of carbonyl (C=O) groups excluding carboxylic acids is 1. The third kappa shape index (κ3) is 6.46. The number of aromatic hydroxyl groups is 1. The second-order valence-corrected chi connectivity index (χ2v) is 10.0. The van der Waals surface area contributed by atoms with E-state index in [4.69, 9.17) is 17.3 Å². The number of para-hydroxylation sites is 1. The van der Waals surface area contributed by atoms with Crippen molar-refractivity contribution in [2.24, 2.45) is 16.0 Å². The summed E-state index contributed by atoms with van der Waals surface area (Å²) < 4.78 is 34.7. The molecule has 0 atom stereocenters. The number of pyridine rings is 1. The Labute approximate surface area is 237 Å². The van der Waals surface area contributed by atoms with Crippen molar-refractivity contribution >= 4 is 62.3 Å². The third-order valence-electron chi connectivity index (χ3n) is 5.61. The number of anilines is 4. The molecule has 0 bridgehead atoms. The van der Waals surface area contributed by atoms with Gasteiger partial charge < -0.3 is 21.5 Å². The highest BCUT2D eigenvalue weighted by atomic mass is 35.5. The fourth-order valence-electron chi connectivity index (χ4n) is 3.75. The minimum atomic E-state index is -4.79. The average molecular weight is 600 g/mol. The summed E-state index contributed by atoms with van der Waals surface area (Å²) in [5.41, 5.74) is 4.27. The number of halogens is 1. The second-order valence-electron chi connectivity index (χ2n) is 8.31. The summed E-state index contributed by atoms with van der Waals surface area (Å²) >= 11 is 6.05. The molecule has 15 nitrogen and oxygen atoms in total. The number of azo groups is 1. The third-order valence-corrected chi connectivity index (χ3v) is 6.68. The lowest BCUT2D eigenvalue weighted by molar-refractivity contribution is 0.0995. The zero-order valence-corrected chi connectivity index (χ0v) is 23.0. The largest absolute Gasteiger partial charge is 0.494 e. The fourth-order valence-corrected chi connectivity index (χ4v) is 4.51. The number of carbonyl (C=O) groups is 1. The zero-order chi connectivity index (χ0) is 29.9. The molecule has 0 saturated heterocycles. The van der Waals surface area contributed by atoms with E-state index in [-0.39, 0.29) is 51.9 Å². The Bertz CT molecular complexity index is 1850. The molecule has 212 valence electrons. The lowest BCUT2D eigenvalue weighted by Crippen LogP contribution is -2.25. The highest BCUT2D eigenvalue weighted by molar-refractivity contribution is 7.86. The summed E-state index contributed by atoms with van der Waals surface area (Å²) in [5.74, 6) is -1.55. The van der Waals surface area contributed by atoms with Crippen molar-refractivity contribution in [2.45, 2.75) is 25.3 Å². The van der Waals surface area contributed by atoms with E-state index in [1.165, 1.54) is 19.1 Å². The van der Waals surface area contributed by atoms with Crippen LogP contribution in [0, 0.1) is 6.92 Å². The Morgan fingerprint density at radius 3 is 2.27 bits per heavy atom. The number of nitrogens with two attached hydrogens (primary N) is 1. The van der Waals surface area contributed by atoms with Crippen LogP contribution in [-0.4, -0.2) is 43.5 Å². The smallest absolute Gasteiger partial charge is 0.296 e. The van der Waals surface area contributed by atoms with Crippen molar-refractivity contribution < 1.29 is 22.9 Å². The van der Waals surface area contributed by atoms with Crippen molar-refractivity contribution in [3.05, 3.63) is 75.3 Å². The van der Waals surface area contributed by atoms with Gasteiger partial charge in [0.2, 0.25) is 23.1 Å². The van der Waals surface area contributed by atoms with Gasteiger partial charge in [-0.1, -0.05) is 18.2 Å². The highest BCUT2D eigenvalue weighted by Crippen LogP contribution is 2.32. The van der Waals surface area contributed by atoms with Crippen LogP contribution in [0.15, 0.2) is 68.4 Å². The van der Waals surface area contributed by atoms with E-state index in [0.29, 0.717) is 5.69 Å². The number of amides is 1. The van der Waals surface area contributed by atoms with Crippen molar-refractivity contribution in [3.63, 3.8) is 0 Å². The standard InChI is InChI=1S/C24H22ClN9O6S/c1-3-34-20(36)17(19(26)35)12(2)18(21(34)37)33-32-15-11-14(9-10-16(15)41(38,39)40)28-24-30-22(25)29-23(31-24)27-13-7-5-4-6-8-13/h4-11,36H,3H2,1-2H3,(H2,26,35)(H,38,39,40)(H2,27,28,29,30,31). The van der Waals surface area contributed by atoms with Gasteiger partial charge in [-0.25, -0.2) is 0 Å². The topological polar surface area (TPSA) is 227 Å². The SMILES string of the molecule is CCn1c(O)c(C(N)=O)c(C)c(N=Nc2cc(Nc3nc(Cl)nc(Nc4ccccc4)n3)ccc2S(=O)(=O)O)c1=O. The summed E-state index contributed by atoms with van der Waals surface area (Å²) in [6.07, 6.45) is 0. The van der Waals surface area contributed by atoms with Gasteiger partial charge in [0.05, 0.1) is 0 Å². The molecule has 0 fully saturated rings. The lowest BCUT2D eigenvalue weighted by Gasteiger charge is -2.13. The Kier molecular flexibility index (Phi) is 8.27. The molecule has 2 heterocycles. The van der Waals surface area contributed by atoms with Crippen molar-refractivity contribution in [2.75, 3.05) is 10.6 Å². The quantitative estimate of drug-likeness (QED) is 0.136. The molecule has 2 aromatic carbocycles. The Balaban J connectivity index is 1.75. The molecule has 41 heavy (non-hydrogen) atoms. The Morgan fingerprint density at radius 1 is 1.05 bits per heavy atom. The molecule has 0 unspecified atom stereocenters. The minimum absolute atomic E-state index is 0.0164. The summed E-state index contributed by atoms with van der Waals surface area (Å²) in [6, 6.07) is 12.6. The van der Waals surface area contributed by atoms with Crippen LogP contribution in [-0.2, 0) is 16.7 Å². The van der Waals surface area contributed by atoms with Crippen LogP contribution in [0.5, 0.6) is 5.88 Å². The van der Waals surface area contributed by atoms with E-state index in [2.05, 4.69) is 35.8 Å². The minimum Gasteiger partial charge on any atom is -0.494 e. The molecule has 0 spiro atoms. The molecule has 0 aliphatic carbocycles. The van der Waals surface area contributed by atoms with Crippen molar-refractivity contribution in [3.8, 4) is 5.88 Å². The van der Waals surface area contributed by atoms with Crippen LogP contribution < -0.4 is 21.9 Å². The fraction of sp³-hybridized carbons (Fsp3) is 0.125. The highest BCUT2D eigenvalue weighted by Gasteiger charge is 2.23. The number of hydrogen-bond donors (Lipinski definition) is 5. The lowest BCUT2D eigenvalue weighted by atomic mass is 10.1. The average Bonchev–Trinajstić information content (AvgIpc) is 2.88. The molecular weight excluding hydrogens is 578 g/mol. The summed E-state index contributed by atoms with van der Waals surface area (Å²) in [6.45, 7) is 2.84. The first kappa shape index (κ1) is 29.1. The first-order valence-corrected chi connectivity index (χ1v) is 13.5. The zero-order valence-electron chi connectivity index (χ0n) is 21.4. The number of nitrogens with zero attached hydrogens (tertiary/aromatic N) is 6. The monoisotopic (exact) mass is 599 g/mol. The van der Waals surface area contributed by atoms with Crippen LogP contribution in [0.4, 0.5) is 34.6 Å². The number of primary amides is 1. The van der Waals surface area contributed by atoms with Gasteiger partial charge in [0, 0.05) is 23.5 Å². The molecule has 17 heteroatoms. The van der Waals surface area contributed by atoms with E-state index in [9.17, 15) is 27.7 Å². The van der Waals surface area contributed by atoms with Crippen LogP contribution in [0.3, 0.4) is 0 Å². The van der Waals surface area contributed by atoms with Gasteiger partial charge in [-0.3, -0.25) is 18.7 Å². The van der Waals surface area contributed by atoms with Crippen LogP contribution in [0.25, 0.3) is 0 Å². The van der Waals surface area contributed by atoms with E-state index >= 15 is 0 Å². The molecule has 0 aliphatic rings. The molecule has 6 N–H and O–H groups in total. The maximum atomic E-state index is 12.9. The number of rotatable bonds is 9. The maximum Gasteiger partial charge on any atom is 0.296 e. The summed E-state index contributed by atoms with van der Waals surface area (Å²) in [5, 5.41) is 23.7. The molecule has 2 aromatic heterocycles. The molecule has 1 amide bonds. The number of aromatic nitrogens is 4. The van der Waals surface area contributed by atoms with Gasteiger partial charge in [-0.2, -0.15) is 23.4 Å². The van der Waals surface area contributed by atoms with E-state index in [0.717, 1.165) is 10.6 Å². The molecule has 4 aromatic rings. The number of hydrogen-bond acceptors (Lipinski definition) is 12. The molecule has 0 radical (unpaired) electrons. The van der Waals surface area contributed by atoms with Crippen LogP contribution in [0.2, 0.25) is 5.28 Å². The van der Waals surface area contributed by atoms with E-state index in [1.54, 1.807) is 19.1 Å². The molecule has 4 rings (SSSR count). The predicted octanol–water partition coefficient (Wildman–Crippen LogP) is 3.97. The Morgan fingerprint density at radius 2 is 1.68 bits per heavy atom. The van der Waals surface area contributed by atoms with Gasteiger partial charge >= 0.3 is 0 Å². The predicted molar refractivity (Wildman–Crippen MR) is 150 cm³/mol. The van der Waals surface area contributed by atoms with Gasteiger partial charge in [0.25, 0.3) is 21.6 Å². The molecule has 0 saturated carbocycles. The number of benzene rings is 2. The van der Waals surface area contributed by atoms with E-state index < -0.39 is 32.4 Å².